The zero-order valence-corrected chi connectivity index (χ0v) is 21.7. The van der Waals surface area contributed by atoms with E-state index in [0.29, 0.717) is 29.0 Å². The first-order valence-electron chi connectivity index (χ1n) is 13.0. The minimum Gasteiger partial charge on any atom is -0.395 e. The quantitative estimate of drug-likeness (QED) is 0.291. The van der Waals surface area contributed by atoms with E-state index in [0.717, 1.165) is 48.2 Å². The van der Waals surface area contributed by atoms with Crippen LogP contribution >= 0.6 is 0 Å². The van der Waals surface area contributed by atoms with E-state index in [9.17, 15) is 18.4 Å². The molecule has 40 heavy (non-hydrogen) atoms. The van der Waals surface area contributed by atoms with Crippen LogP contribution in [0.4, 0.5) is 14.6 Å². The molecule has 4 aromatic rings. The van der Waals surface area contributed by atoms with Crippen LogP contribution in [0.15, 0.2) is 59.9 Å². The van der Waals surface area contributed by atoms with Crippen LogP contribution in [0.2, 0.25) is 0 Å². The lowest BCUT2D eigenvalue weighted by Crippen LogP contribution is -2.40. The molecule has 1 saturated heterocycles. The molecule has 0 bridgehead atoms. The van der Waals surface area contributed by atoms with Crippen molar-refractivity contribution in [2.45, 2.75) is 32.0 Å². The SMILES string of the molecule is O=C(NCc1ccc2ncc(NC3CCN(CCO)CC3)nc2c1)c1cncn(Cc2ccc(F)c(F)c2)c1=O. The van der Waals surface area contributed by atoms with Gasteiger partial charge in [-0.1, -0.05) is 12.1 Å². The number of nitrogens with zero attached hydrogens (tertiary/aromatic N) is 5. The van der Waals surface area contributed by atoms with Gasteiger partial charge in [0, 0.05) is 38.4 Å². The molecule has 208 valence electrons. The fourth-order valence-electron chi connectivity index (χ4n) is 4.72. The van der Waals surface area contributed by atoms with Gasteiger partial charge in [0.25, 0.3) is 11.5 Å². The highest BCUT2D eigenvalue weighted by Crippen LogP contribution is 2.18. The third kappa shape index (κ3) is 6.46. The largest absolute Gasteiger partial charge is 0.395 e. The van der Waals surface area contributed by atoms with Crippen LogP contribution in [-0.2, 0) is 13.1 Å². The average Bonchev–Trinajstić information content (AvgIpc) is 2.96. The van der Waals surface area contributed by atoms with Gasteiger partial charge in [-0.05, 0) is 48.2 Å². The van der Waals surface area contributed by atoms with Gasteiger partial charge in [-0.15, -0.1) is 0 Å². The van der Waals surface area contributed by atoms with E-state index in [1.807, 2.05) is 18.2 Å². The van der Waals surface area contributed by atoms with Gasteiger partial charge in [0.1, 0.15) is 11.4 Å². The maximum Gasteiger partial charge on any atom is 0.266 e. The number of aromatic nitrogens is 4. The number of hydrogen-bond acceptors (Lipinski definition) is 8. The van der Waals surface area contributed by atoms with Crippen LogP contribution < -0.4 is 16.2 Å². The van der Waals surface area contributed by atoms with Crippen molar-refractivity contribution in [2.24, 2.45) is 0 Å². The molecule has 1 fully saturated rings. The number of halogens is 2. The molecule has 12 heteroatoms. The molecule has 3 N–H and O–H groups in total. The van der Waals surface area contributed by atoms with Crippen LogP contribution in [0.25, 0.3) is 11.0 Å². The molecule has 3 heterocycles. The number of likely N-dealkylation sites (tertiary alicyclic amines) is 1. The van der Waals surface area contributed by atoms with E-state index >= 15 is 0 Å². The van der Waals surface area contributed by atoms with Gasteiger partial charge in [-0.2, -0.15) is 0 Å². The first-order valence-corrected chi connectivity index (χ1v) is 13.0. The number of carbonyl (C=O) groups excluding carboxylic acids is 1. The molecule has 2 aromatic heterocycles. The summed E-state index contributed by atoms with van der Waals surface area (Å²) >= 11 is 0. The summed E-state index contributed by atoms with van der Waals surface area (Å²) in [5, 5.41) is 15.3. The molecule has 0 saturated carbocycles. The summed E-state index contributed by atoms with van der Waals surface area (Å²) < 4.78 is 27.9. The number of carbonyl (C=O) groups is 1. The van der Waals surface area contributed by atoms with Crippen molar-refractivity contribution < 1.29 is 18.7 Å². The highest BCUT2D eigenvalue weighted by atomic mass is 19.2. The average molecular weight is 550 g/mol. The Morgan fingerprint density at radius 2 is 1.82 bits per heavy atom. The Bertz CT molecular complexity index is 1570. The van der Waals surface area contributed by atoms with Gasteiger partial charge in [0.2, 0.25) is 0 Å². The maximum atomic E-state index is 13.6. The normalized spacial score (nSPS) is 14.4. The van der Waals surface area contributed by atoms with E-state index in [-0.39, 0.29) is 31.3 Å². The number of nitrogens with one attached hydrogen (secondary N) is 2. The second-order valence-corrected chi connectivity index (χ2v) is 9.73. The number of rotatable bonds is 9. The van der Waals surface area contributed by atoms with Crippen molar-refractivity contribution in [3.63, 3.8) is 0 Å². The summed E-state index contributed by atoms with van der Waals surface area (Å²) in [6, 6.07) is 9.10. The molecule has 1 aliphatic rings. The van der Waals surface area contributed by atoms with E-state index in [4.69, 9.17) is 10.1 Å². The fraction of sp³-hybridized carbons (Fsp3) is 0.321. The second kappa shape index (κ2) is 12.3. The predicted molar refractivity (Wildman–Crippen MR) is 145 cm³/mol. The Balaban J connectivity index is 1.23. The zero-order chi connectivity index (χ0) is 28.1. The number of piperidine rings is 1. The van der Waals surface area contributed by atoms with E-state index in [1.54, 1.807) is 6.20 Å². The van der Waals surface area contributed by atoms with Crippen LogP contribution in [0, 0.1) is 11.6 Å². The summed E-state index contributed by atoms with van der Waals surface area (Å²) in [7, 11) is 0. The summed E-state index contributed by atoms with van der Waals surface area (Å²) in [6.07, 6.45) is 6.02. The number of amides is 1. The first-order chi connectivity index (χ1) is 19.4. The third-order valence-corrected chi connectivity index (χ3v) is 6.90. The lowest BCUT2D eigenvalue weighted by Gasteiger charge is -2.32. The molecular formula is C28H29F2N7O3. The van der Waals surface area contributed by atoms with Crippen molar-refractivity contribution in [3.05, 3.63) is 93.8 Å². The number of aliphatic hydroxyl groups excluding tert-OH is 1. The van der Waals surface area contributed by atoms with Crippen molar-refractivity contribution in [3.8, 4) is 0 Å². The van der Waals surface area contributed by atoms with Crippen molar-refractivity contribution >= 4 is 22.8 Å². The number of benzene rings is 2. The molecule has 1 aliphatic heterocycles. The lowest BCUT2D eigenvalue weighted by atomic mass is 10.1. The maximum absolute atomic E-state index is 13.6. The Morgan fingerprint density at radius 1 is 1.02 bits per heavy atom. The molecule has 0 radical (unpaired) electrons. The predicted octanol–water partition coefficient (Wildman–Crippen LogP) is 2.31. The monoisotopic (exact) mass is 549 g/mol. The third-order valence-electron chi connectivity index (χ3n) is 6.90. The molecule has 1 amide bonds. The minimum absolute atomic E-state index is 0.0638. The Hall–Kier alpha value is -4.29. The van der Waals surface area contributed by atoms with Gasteiger partial charge >= 0.3 is 0 Å². The topological polar surface area (TPSA) is 125 Å². The number of β-amino-alcohol motifs (C(OH)–C–C–N with tert-alkyl or cyclic N) is 1. The summed E-state index contributed by atoms with van der Waals surface area (Å²) in [6.45, 7) is 2.76. The van der Waals surface area contributed by atoms with E-state index in [2.05, 4.69) is 25.5 Å². The van der Waals surface area contributed by atoms with Crippen LogP contribution in [0.5, 0.6) is 0 Å². The summed E-state index contributed by atoms with van der Waals surface area (Å²) in [4.78, 5) is 41.1. The molecular weight excluding hydrogens is 520 g/mol. The molecule has 10 nitrogen and oxygen atoms in total. The second-order valence-electron chi connectivity index (χ2n) is 9.73. The number of fused-ring (bicyclic) bond motifs is 1. The van der Waals surface area contributed by atoms with E-state index < -0.39 is 23.1 Å². The number of anilines is 1. The van der Waals surface area contributed by atoms with E-state index in [1.165, 1.54) is 18.6 Å². The number of aliphatic hydroxyl groups is 1. The van der Waals surface area contributed by atoms with Crippen LogP contribution in [-0.4, -0.2) is 67.7 Å². The molecule has 0 unspecified atom stereocenters. The standard InChI is InChI=1S/C28H29F2N7O3/c29-22-3-1-19(11-23(22)30)16-37-17-31-14-21(28(37)40)27(39)33-13-18-2-4-24-25(12-18)35-26(15-32-24)34-20-5-7-36(8-6-20)9-10-38/h1-4,11-12,14-15,17,20,38H,5-10,13,16H2,(H,33,39)(H,34,35). The van der Waals surface area contributed by atoms with Crippen LogP contribution in [0.3, 0.4) is 0 Å². The Morgan fingerprint density at radius 3 is 2.60 bits per heavy atom. The number of hydrogen-bond donors (Lipinski definition) is 3. The highest BCUT2D eigenvalue weighted by molar-refractivity contribution is 5.93. The van der Waals surface area contributed by atoms with Crippen LogP contribution in [0.1, 0.15) is 34.3 Å². The van der Waals surface area contributed by atoms with Gasteiger partial charge in [0.15, 0.2) is 11.6 Å². The molecule has 0 aliphatic carbocycles. The lowest BCUT2D eigenvalue weighted by molar-refractivity contribution is 0.0948. The molecule has 5 rings (SSSR count). The van der Waals surface area contributed by atoms with Crippen molar-refractivity contribution in [2.75, 3.05) is 31.6 Å². The Labute approximate surface area is 228 Å². The van der Waals surface area contributed by atoms with Gasteiger partial charge < -0.3 is 20.6 Å². The Kier molecular flexibility index (Phi) is 8.37. The minimum atomic E-state index is -1.02. The molecule has 0 spiro atoms. The first kappa shape index (κ1) is 27.3. The highest BCUT2D eigenvalue weighted by Gasteiger charge is 2.19. The molecule has 0 atom stereocenters. The van der Waals surface area contributed by atoms with Gasteiger partial charge in [-0.3, -0.25) is 19.1 Å². The fourth-order valence-corrected chi connectivity index (χ4v) is 4.72. The zero-order valence-electron chi connectivity index (χ0n) is 21.7. The smallest absolute Gasteiger partial charge is 0.266 e. The van der Waals surface area contributed by atoms with Gasteiger partial charge in [-0.25, -0.2) is 18.7 Å². The van der Waals surface area contributed by atoms with Crippen molar-refractivity contribution in [1.29, 1.82) is 0 Å². The summed E-state index contributed by atoms with van der Waals surface area (Å²) in [5.74, 6) is -1.93. The van der Waals surface area contributed by atoms with Crippen molar-refractivity contribution in [1.82, 2.24) is 29.7 Å². The molecule has 2 aromatic carbocycles. The van der Waals surface area contributed by atoms with Gasteiger partial charge in [0.05, 0.1) is 36.7 Å². The summed E-state index contributed by atoms with van der Waals surface area (Å²) in [5.41, 5.74) is 1.76.